The molecule has 0 aliphatic carbocycles. The lowest BCUT2D eigenvalue weighted by Crippen LogP contribution is -2.36. The number of nitrogens with one attached hydrogen (secondary N) is 1. The van der Waals surface area contributed by atoms with Crippen molar-refractivity contribution in [2.45, 2.75) is 46.4 Å². The van der Waals surface area contributed by atoms with E-state index in [9.17, 15) is 18.9 Å². The van der Waals surface area contributed by atoms with Gasteiger partial charge in [0.2, 0.25) is 0 Å². The molecule has 1 aromatic carbocycles. The molecule has 1 aromatic heterocycles. The second kappa shape index (κ2) is 12.4. The number of benzene rings is 1. The predicted octanol–water partition coefficient (Wildman–Crippen LogP) is 3.90. The average Bonchev–Trinajstić information content (AvgIpc) is 2.79. The Hall–Kier alpha value is -3.27. The quantitative estimate of drug-likeness (QED) is 0.271. The van der Waals surface area contributed by atoms with Crippen LogP contribution in [0.2, 0.25) is 0 Å². The van der Waals surface area contributed by atoms with Crippen molar-refractivity contribution in [3.63, 3.8) is 0 Å². The molecule has 1 N–H and O–H groups in total. The van der Waals surface area contributed by atoms with Crippen molar-refractivity contribution in [1.29, 1.82) is 0 Å². The highest BCUT2D eigenvalue weighted by Crippen LogP contribution is 2.46. The van der Waals surface area contributed by atoms with Crippen molar-refractivity contribution in [3.8, 4) is 11.5 Å². The van der Waals surface area contributed by atoms with Gasteiger partial charge in [-0.2, -0.15) is 5.09 Å². The Morgan fingerprint density at radius 2 is 1.83 bits per heavy atom. The summed E-state index contributed by atoms with van der Waals surface area (Å²) in [6.45, 7) is 6.00. The molecule has 0 spiro atoms. The fourth-order valence-corrected chi connectivity index (χ4v) is 4.15. The first kappa shape index (κ1) is 28.0. The summed E-state index contributed by atoms with van der Waals surface area (Å²) >= 11 is 0. The largest absolute Gasteiger partial charge is 0.462 e. The van der Waals surface area contributed by atoms with Crippen LogP contribution in [0.5, 0.6) is 11.5 Å². The van der Waals surface area contributed by atoms with E-state index in [0.717, 1.165) is 0 Å². The SMILES string of the molecule is Cc1ncc(COP(=O)(N[C@@H](C)C(=O)OC(C)C)Oc2ccccc2)c(C=O)c1OC(=O)N(C)C. The molecule has 11 nitrogen and oxygen atoms in total. The van der Waals surface area contributed by atoms with Crippen LogP contribution in [0.15, 0.2) is 36.5 Å². The molecular weight excluding hydrogens is 477 g/mol. The summed E-state index contributed by atoms with van der Waals surface area (Å²) in [5.74, 6) is -0.463. The van der Waals surface area contributed by atoms with E-state index in [0.29, 0.717) is 12.0 Å². The first-order valence-corrected chi connectivity index (χ1v) is 12.3. The minimum Gasteiger partial charge on any atom is -0.462 e. The molecule has 0 radical (unpaired) electrons. The number of para-hydroxylation sites is 1. The Kier molecular flexibility index (Phi) is 9.94. The zero-order valence-corrected chi connectivity index (χ0v) is 21.4. The van der Waals surface area contributed by atoms with Crippen molar-refractivity contribution in [3.05, 3.63) is 53.3 Å². The third kappa shape index (κ3) is 8.17. The zero-order chi connectivity index (χ0) is 26.2. The van der Waals surface area contributed by atoms with Crippen molar-refractivity contribution >= 4 is 26.1 Å². The number of hydrogen-bond acceptors (Lipinski definition) is 9. The van der Waals surface area contributed by atoms with Gasteiger partial charge in [0.25, 0.3) is 0 Å². The maximum Gasteiger partial charge on any atom is 0.459 e. The summed E-state index contributed by atoms with van der Waals surface area (Å²) in [5.41, 5.74) is 0.507. The summed E-state index contributed by atoms with van der Waals surface area (Å²) in [6.07, 6.45) is 0.757. The molecular formula is C23H30N3O8P. The Morgan fingerprint density at radius 3 is 2.40 bits per heavy atom. The summed E-state index contributed by atoms with van der Waals surface area (Å²) in [4.78, 5) is 41.5. The van der Waals surface area contributed by atoms with Gasteiger partial charge in [-0.25, -0.2) is 9.36 Å². The Balaban J connectivity index is 2.33. The van der Waals surface area contributed by atoms with Gasteiger partial charge in [-0.05, 0) is 39.8 Å². The third-order valence-corrected chi connectivity index (χ3v) is 6.05. The van der Waals surface area contributed by atoms with Crippen LogP contribution in [0, 0.1) is 6.92 Å². The van der Waals surface area contributed by atoms with E-state index in [2.05, 4.69) is 10.1 Å². The first-order valence-electron chi connectivity index (χ1n) is 10.8. The lowest BCUT2D eigenvalue weighted by atomic mass is 10.1. The number of esters is 1. The van der Waals surface area contributed by atoms with E-state index >= 15 is 0 Å². The maximum atomic E-state index is 13.6. The molecule has 1 amide bonds. The van der Waals surface area contributed by atoms with E-state index < -0.39 is 32.5 Å². The molecule has 2 rings (SSSR count). The maximum absolute atomic E-state index is 13.6. The summed E-state index contributed by atoms with van der Waals surface area (Å²) in [7, 11) is -1.19. The number of nitrogens with zero attached hydrogens (tertiary/aromatic N) is 2. The van der Waals surface area contributed by atoms with E-state index in [-0.39, 0.29) is 28.7 Å². The van der Waals surface area contributed by atoms with Gasteiger partial charge in [0.05, 0.1) is 24.0 Å². The topological polar surface area (TPSA) is 133 Å². The molecule has 12 heteroatoms. The van der Waals surface area contributed by atoms with Crippen LogP contribution < -0.4 is 14.3 Å². The van der Waals surface area contributed by atoms with Gasteiger partial charge in [-0.1, -0.05) is 18.2 Å². The molecule has 2 aromatic rings. The van der Waals surface area contributed by atoms with E-state index in [4.69, 9.17) is 18.5 Å². The van der Waals surface area contributed by atoms with E-state index in [1.165, 1.54) is 32.1 Å². The number of carbonyl (C=O) groups excluding carboxylic acids is 3. The monoisotopic (exact) mass is 507 g/mol. The minimum absolute atomic E-state index is 0.00577. The fraction of sp³-hybridized carbons (Fsp3) is 0.391. The Labute approximate surface area is 204 Å². The number of aldehydes is 1. The second-order valence-electron chi connectivity index (χ2n) is 8.00. The molecule has 2 atom stereocenters. The predicted molar refractivity (Wildman–Crippen MR) is 127 cm³/mol. The van der Waals surface area contributed by atoms with Crippen LogP contribution in [0.1, 0.15) is 42.4 Å². The van der Waals surface area contributed by atoms with Crippen molar-refractivity contribution in [1.82, 2.24) is 15.0 Å². The van der Waals surface area contributed by atoms with E-state index in [1.54, 1.807) is 51.1 Å². The van der Waals surface area contributed by atoms with Crippen LogP contribution in [0.3, 0.4) is 0 Å². The minimum atomic E-state index is -4.17. The summed E-state index contributed by atoms with van der Waals surface area (Å²) in [6, 6.07) is 7.20. The fourth-order valence-electron chi connectivity index (χ4n) is 2.68. The number of pyridine rings is 1. The summed E-state index contributed by atoms with van der Waals surface area (Å²) in [5, 5.41) is 2.56. The molecule has 0 bridgehead atoms. The third-order valence-electron chi connectivity index (χ3n) is 4.42. The highest BCUT2D eigenvalue weighted by Gasteiger charge is 2.33. The molecule has 0 fully saturated rings. The normalized spacial score (nSPS) is 13.5. The number of carbonyl (C=O) groups is 3. The second-order valence-corrected chi connectivity index (χ2v) is 9.70. The first-order chi connectivity index (χ1) is 16.5. The number of ether oxygens (including phenoxy) is 2. The molecule has 0 saturated heterocycles. The van der Waals surface area contributed by atoms with Crippen LogP contribution in [-0.4, -0.2) is 54.5 Å². The average molecular weight is 507 g/mol. The molecule has 1 unspecified atom stereocenters. The number of amides is 1. The number of hydrogen-bond donors (Lipinski definition) is 1. The van der Waals surface area contributed by atoms with Gasteiger partial charge in [-0.3, -0.25) is 19.1 Å². The van der Waals surface area contributed by atoms with Crippen molar-refractivity contribution in [2.75, 3.05) is 14.1 Å². The lowest BCUT2D eigenvalue weighted by molar-refractivity contribution is -0.149. The molecule has 35 heavy (non-hydrogen) atoms. The van der Waals surface area contributed by atoms with Crippen molar-refractivity contribution < 1.29 is 37.5 Å². The highest BCUT2D eigenvalue weighted by molar-refractivity contribution is 7.52. The van der Waals surface area contributed by atoms with Gasteiger partial charge >= 0.3 is 19.8 Å². The lowest BCUT2D eigenvalue weighted by Gasteiger charge is -2.23. The molecule has 190 valence electrons. The zero-order valence-electron chi connectivity index (χ0n) is 20.5. The number of aryl methyl sites for hydroxylation is 1. The number of aromatic nitrogens is 1. The molecule has 0 aliphatic rings. The van der Waals surface area contributed by atoms with Crippen LogP contribution >= 0.6 is 7.75 Å². The molecule has 1 heterocycles. The molecule has 0 aliphatic heterocycles. The van der Waals surface area contributed by atoms with Crippen LogP contribution in [0.25, 0.3) is 0 Å². The number of rotatable bonds is 11. The van der Waals surface area contributed by atoms with Crippen LogP contribution in [-0.2, 0) is 25.2 Å². The molecule has 0 saturated carbocycles. The van der Waals surface area contributed by atoms with Gasteiger partial charge in [-0.15, -0.1) is 0 Å². The van der Waals surface area contributed by atoms with Crippen molar-refractivity contribution in [2.24, 2.45) is 0 Å². The van der Waals surface area contributed by atoms with Gasteiger partial charge in [0.1, 0.15) is 11.8 Å². The van der Waals surface area contributed by atoms with Gasteiger partial charge in [0.15, 0.2) is 12.0 Å². The standard InChI is InChI=1S/C23H30N3O8P/c1-15(2)32-22(28)17(4)25-35(30,34-19-10-8-7-9-11-19)31-14-18-12-24-16(3)21(20(18)13-27)33-23(29)26(5)6/h7-13,15,17H,14H2,1-6H3,(H,25,30)/t17-,35?/m0/s1. The smallest absolute Gasteiger partial charge is 0.459 e. The summed E-state index contributed by atoms with van der Waals surface area (Å²) < 4.78 is 35.2. The highest BCUT2D eigenvalue weighted by atomic mass is 31.2. The van der Waals surface area contributed by atoms with Gasteiger partial charge < -0.3 is 18.9 Å². The van der Waals surface area contributed by atoms with Crippen LogP contribution in [0.4, 0.5) is 4.79 Å². The Morgan fingerprint density at radius 1 is 1.17 bits per heavy atom. The van der Waals surface area contributed by atoms with Gasteiger partial charge in [0, 0.05) is 25.9 Å². The Bertz CT molecular complexity index is 1090. The van der Waals surface area contributed by atoms with E-state index in [1.807, 2.05) is 0 Å².